The van der Waals surface area contributed by atoms with E-state index in [-0.39, 0.29) is 12.8 Å². The number of hydrogen-bond donors (Lipinski definition) is 3. The lowest BCUT2D eigenvalue weighted by molar-refractivity contribution is -0.177. The molecule has 0 fully saturated rings. The summed E-state index contributed by atoms with van der Waals surface area (Å²) in [4.78, 5) is 33.7. The number of rotatable bonds is 11. The highest BCUT2D eigenvalue weighted by molar-refractivity contribution is 5.99. The molecule has 122 valence electrons. The largest absolute Gasteiger partial charge is 0.481 e. The fraction of sp³-hybridized carbons (Fsp3) is 0.800. The smallest absolute Gasteiger partial charge is 0.321 e. The summed E-state index contributed by atoms with van der Waals surface area (Å²) in [6.07, 6.45) is 2.81. The molecule has 0 saturated heterocycles. The van der Waals surface area contributed by atoms with E-state index in [1.807, 2.05) is 0 Å². The van der Waals surface area contributed by atoms with Gasteiger partial charge < -0.3 is 15.3 Å². The Balaban J connectivity index is 5.00. The Morgan fingerprint density at radius 2 is 1.38 bits per heavy atom. The van der Waals surface area contributed by atoms with E-state index in [1.54, 1.807) is 20.8 Å². The Hall–Kier alpha value is -1.59. The van der Waals surface area contributed by atoms with Gasteiger partial charge in [-0.1, -0.05) is 33.6 Å². The summed E-state index contributed by atoms with van der Waals surface area (Å²) in [6.45, 7) is 5.09. The minimum atomic E-state index is -1.80. The van der Waals surface area contributed by atoms with Crippen LogP contribution >= 0.6 is 0 Å². The molecular formula is C15H26O6. The highest BCUT2D eigenvalue weighted by atomic mass is 16.4. The molecule has 0 rings (SSSR count). The second-order valence-corrected chi connectivity index (χ2v) is 5.74. The minimum Gasteiger partial charge on any atom is -0.481 e. The van der Waals surface area contributed by atoms with Gasteiger partial charge in [-0.15, -0.1) is 0 Å². The third-order valence-corrected chi connectivity index (χ3v) is 4.69. The first-order chi connectivity index (χ1) is 9.67. The molecule has 0 radical (unpaired) electrons. The van der Waals surface area contributed by atoms with Crippen LogP contribution in [0.15, 0.2) is 0 Å². The topological polar surface area (TPSA) is 112 Å². The van der Waals surface area contributed by atoms with Gasteiger partial charge in [-0.3, -0.25) is 14.4 Å². The normalized spacial score (nSPS) is 14.4. The Labute approximate surface area is 125 Å². The van der Waals surface area contributed by atoms with Gasteiger partial charge in [0.1, 0.15) is 0 Å². The van der Waals surface area contributed by atoms with Gasteiger partial charge in [-0.05, 0) is 31.1 Å². The van der Waals surface area contributed by atoms with Crippen molar-refractivity contribution in [2.45, 2.75) is 65.7 Å². The monoisotopic (exact) mass is 302 g/mol. The summed E-state index contributed by atoms with van der Waals surface area (Å²) in [5, 5.41) is 27.5. The van der Waals surface area contributed by atoms with Crippen LogP contribution < -0.4 is 0 Å². The summed E-state index contributed by atoms with van der Waals surface area (Å²) < 4.78 is 0. The van der Waals surface area contributed by atoms with E-state index in [0.29, 0.717) is 32.1 Å². The van der Waals surface area contributed by atoms with Crippen molar-refractivity contribution in [2.75, 3.05) is 0 Å². The van der Waals surface area contributed by atoms with Crippen molar-refractivity contribution in [3.63, 3.8) is 0 Å². The van der Waals surface area contributed by atoms with Crippen LogP contribution in [0.2, 0.25) is 0 Å². The van der Waals surface area contributed by atoms with E-state index in [9.17, 15) is 24.6 Å². The van der Waals surface area contributed by atoms with E-state index >= 15 is 0 Å². The van der Waals surface area contributed by atoms with Crippen LogP contribution in [0.25, 0.3) is 0 Å². The number of carbonyl (C=O) groups is 3. The first-order valence-electron chi connectivity index (χ1n) is 7.36. The van der Waals surface area contributed by atoms with E-state index in [0.717, 1.165) is 0 Å². The second kappa shape index (κ2) is 8.00. The van der Waals surface area contributed by atoms with E-state index in [4.69, 9.17) is 5.11 Å². The molecule has 3 N–H and O–H groups in total. The third kappa shape index (κ3) is 4.19. The van der Waals surface area contributed by atoms with Crippen LogP contribution in [-0.4, -0.2) is 33.2 Å². The number of hydrogen-bond acceptors (Lipinski definition) is 3. The third-order valence-electron chi connectivity index (χ3n) is 4.69. The van der Waals surface area contributed by atoms with Crippen LogP contribution in [0.4, 0.5) is 0 Å². The average molecular weight is 302 g/mol. The quantitative estimate of drug-likeness (QED) is 0.399. The standard InChI is InChI=1S/C15H26O6/c1-4-14(3,10-8-6-7-9-11(16)17)15(5-2,12(18)19)13(20)21/h4-10H2,1-3H3,(H,16,17)(H,18,19)(H,20,21). The van der Waals surface area contributed by atoms with Gasteiger partial charge >= 0.3 is 17.9 Å². The van der Waals surface area contributed by atoms with Crippen molar-refractivity contribution < 1.29 is 29.7 Å². The molecule has 1 unspecified atom stereocenters. The van der Waals surface area contributed by atoms with E-state index < -0.39 is 28.7 Å². The molecule has 0 aliphatic rings. The Morgan fingerprint density at radius 1 is 0.857 bits per heavy atom. The molecule has 0 aliphatic carbocycles. The maximum atomic E-state index is 11.6. The maximum absolute atomic E-state index is 11.6. The Morgan fingerprint density at radius 3 is 1.71 bits per heavy atom. The Bertz CT molecular complexity index is 376. The van der Waals surface area contributed by atoms with Crippen molar-refractivity contribution in [1.29, 1.82) is 0 Å². The van der Waals surface area contributed by atoms with Crippen LogP contribution in [0.1, 0.15) is 65.7 Å². The molecule has 0 spiro atoms. The lowest BCUT2D eigenvalue weighted by Gasteiger charge is -2.42. The fourth-order valence-corrected chi connectivity index (χ4v) is 3.00. The highest BCUT2D eigenvalue weighted by Crippen LogP contribution is 2.49. The molecule has 6 heteroatoms. The molecule has 0 saturated carbocycles. The highest BCUT2D eigenvalue weighted by Gasteiger charge is 2.57. The van der Waals surface area contributed by atoms with Gasteiger partial charge in [0.15, 0.2) is 5.41 Å². The zero-order chi connectivity index (χ0) is 16.7. The lowest BCUT2D eigenvalue weighted by atomic mass is 9.59. The predicted molar refractivity (Wildman–Crippen MR) is 77.1 cm³/mol. The second-order valence-electron chi connectivity index (χ2n) is 5.74. The van der Waals surface area contributed by atoms with Gasteiger partial charge in [0.2, 0.25) is 0 Å². The first kappa shape index (κ1) is 19.4. The molecule has 6 nitrogen and oxygen atoms in total. The predicted octanol–water partition coefficient (Wildman–Crippen LogP) is 3.00. The zero-order valence-corrected chi connectivity index (χ0v) is 13.0. The first-order valence-corrected chi connectivity index (χ1v) is 7.36. The maximum Gasteiger partial charge on any atom is 0.321 e. The molecule has 0 amide bonds. The van der Waals surface area contributed by atoms with Gasteiger partial charge in [0, 0.05) is 6.42 Å². The minimum absolute atomic E-state index is 0.0249. The van der Waals surface area contributed by atoms with Crippen LogP contribution in [0, 0.1) is 10.8 Å². The summed E-state index contributed by atoms with van der Waals surface area (Å²) >= 11 is 0. The van der Waals surface area contributed by atoms with Crippen molar-refractivity contribution in [2.24, 2.45) is 10.8 Å². The van der Waals surface area contributed by atoms with Gasteiger partial charge in [-0.25, -0.2) is 0 Å². The van der Waals surface area contributed by atoms with E-state index in [2.05, 4.69) is 0 Å². The average Bonchev–Trinajstić information content (AvgIpc) is 2.38. The number of carboxylic acid groups (broad SMARTS) is 3. The fourth-order valence-electron chi connectivity index (χ4n) is 3.00. The molecule has 21 heavy (non-hydrogen) atoms. The van der Waals surface area contributed by atoms with Crippen molar-refractivity contribution in [3.8, 4) is 0 Å². The summed E-state index contributed by atoms with van der Waals surface area (Å²) in [7, 11) is 0. The molecule has 0 aliphatic heterocycles. The van der Waals surface area contributed by atoms with Crippen LogP contribution in [0.5, 0.6) is 0 Å². The van der Waals surface area contributed by atoms with Gasteiger partial charge in [0.25, 0.3) is 0 Å². The van der Waals surface area contributed by atoms with Crippen LogP contribution in [-0.2, 0) is 14.4 Å². The van der Waals surface area contributed by atoms with Crippen molar-refractivity contribution in [1.82, 2.24) is 0 Å². The zero-order valence-electron chi connectivity index (χ0n) is 13.0. The van der Waals surface area contributed by atoms with Crippen LogP contribution in [0.3, 0.4) is 0 Å². The summed E-state index contributed by atoms with van der Waals surface area (Å²) in [5.41, 5.74) is -2.66. The molecule has 1 atom stereocenters. The molecular weight excluding hydrogens is 276 g/mol. The molecule has 0 aromatic heterocycles. The lowest BCUT2D eigenvalue weighted by Crippen LogP contribution is -2.51. The number of carboxylic acids is 3. The van der Waals surface area contributed by atoms with E-state index in [1.165, 1.54) is 0 Å². The van der Waals surface area contributed by atoms with Gasteiger partial charge in [-0.2, -0.15) is 0 Å². The molecule has 0 heterocycles. The van der Waals surface area contributed by atoms with Gasteiger partial charge in [0.05, 0.1) is 0 Å². The number of unbranched alkanes of at least 4 members (excludes halogenated alkanes) is 2. The molecule has 0 bridgehead atoms. The molecule has 0 aromatic carbocycles. The summed E-state index contributed by atoms with van der Waals surface area (Å²) in [6, 6.07) is 0. The van der Waals surface area contributed by atoms with Crippen molar-refractivity contribution >= 4 is 17.9 Å². The molecule has 0 aromatic rings. The Kier molecular flexibility index (Phi) is 7.39. The SMILES string of the molecule is CCC(C)(CCCCCC(=O)O)C(CC)(C(=O)O)C(=O)O. The van der Waals surface area contributed by atoms with Crippen molar-refractivity contribution in [3.05, 3.63) is 0 Å². The number of aliphatic carboxylic acids is 3. The summed E-state index contributed by atoms with van der Waals surface area (Å²) in [5.74, 6) is -3.45.